The van der Waals surface area contributed by atoms with Gasteiger partial charge in [-0.3, -0.25) is 4.79 Å². The Hall–Kier alpha value is -1.97. The third-order valence-corrected chi connectivity index (χ3v) is 2.94. The van der Waals surface area contributed by atoms with Crippen molar-refractivity contribution in [3.05, 3.63) is 46.2 Å². The lowest BCUT2D eigenvalue weighted by atomic mass is 10.1. The standard InChI is InChI=1S/C13H14NO3/c1-4-17-13(16)11-8(2)7-10-9(11)5-6-14(3)12(10)15/h5-6H,1,4,7H2,2-3H3/q+1. The second-order valence-corrected chi connectivity index (χ2v) is 4.09. The lowest BCUT2D eigenvalue weighted by Gasteiger charge is -2.05. The van der Waals surface area contributed by atoms with Crippen LogP contribution in [0.2, 0.25) is 0 Å². The molecule has 0 N–H and O–H groups in total. The van der Waals surface area contributed by atoms with Crippen LogP contribution < -0.4 is 5.56 Å². The zero-order chi connectivity index (χ0) is 12.6. The van der Waals surface area contributed by atoms with E-state index < -0.39 is 5.97 Å². The smallest absolute Gasteiger partial charge is 0.342 e. The van der Waals surface area contributed by atoms with Gasteiger partial charge >= 0.3 is 5.97 Å². The summed E-state index contributed by atoms with van der Waals surface area (Å²) in [4.78, 5) is 23.7. The first-order valence-corrected chi connectivity index (χ1v) is 5.41. The van der Waals surface area contributed by atoms with Crippen LogP contribution in [0.3, 0.4) is 0 Å². The number of rotatable bonds is 2. The maximum Gasteiger partial charge on any atom is 0.342 e. The minimum Gasteiger partial charge on any atom is -0.420 e. The monoisotopic (exact) mass is 232 g/mol. The van der Waals surface area contributed by atoms with Crippen LogP contribution in [-0.2, 0) is 23.0 Å². The van der Waals surface area contributed by atoms with Crippen molar-refractivity contribution in [3.63, 3.8) is 0 Å². The molecular weight excluding hydrogens is 218 g/mol. The van der Waals surface area contributed by atoms with Crippen LogP contribution in [0.1, 0.15) is 18.1 Å². The summed E-state index contributed by atoms with van der Waals surface area (Å²) in [6, 6.07) is 1.78. The van der Waals surface area contributed by atoms with Gasteiger partial charge in [0.25, 0.3) is 5.56 Å². The topological polar surface area (TPSA) is 48.3 Å². The van der Waals surface area contributed by atoms with Crippen molar-refractivity contribution in [2.24, 2.45) is 7.05 Å². The normalized spacial score (nSPS) is 13.8. The Morgan fingerprint density at radius 3 is 2.94 bits per heavy atom. The Morgan fingerprint density at radius 1 is 1.59 bits per heavy atom. The van der Waals surface area contributed by atoms with Gasteiger partial charge in [0.05, 0.1) is 5.57 Å². The van der Waals surface area contributed by atoms with Crippen molar-refractivity contribution in [1.29, 1.82) is 0 Å². The summed E-state index contributed by atoms with van der Waals surface area (Å²) < 4.78 is 6.42. The predicted octanol–water partition coefficient (Wildman–Crippen LogP) is 1.09. The van der Waals surface area contributed by atoms with Gasteiger partial charge in [-0.05, 0) is 18.6 Å². The molecule has 0 radical (unpaired) electrons. The second-order valence-electron chi connectivity index (χ2n) is 4.09. The Balaban J connectivity index is 2.53. The molecule has 0 saturated heterocycles. The zero-order valence-electron chi connectivity index (χ0n) is 9.95. The zero-order valence-corrected chi connectivity index (χ0v) is 9.95. The molecule has 0 fully saturated rings. The van der Waals surface area contributed by atoms with Gasteiger partial charge in [0.2, 0.25) is 6.61 Å². The Kier molecular flexibility index (Phi) is 2.79. The van der Waals surface area contributed by atoms with E-state index in [0.717, 1.165) is 5.57 Å². The van der Waals surface area contributed by atoms with E-state index in [1.165, 1.54) is 4.57 Å². The van der Waals surface area contributed by atoms with E-state index in [2.05, 4.69) is 6.92 Å². The van der Waals surface area contributed by atoms with Crippen LogP contribution in [0.5, 0.6) is 0 Å². The molecule has 0 aromatic carbocycles. The quantitative estimate of drug-likeness (QED) is 0.566. The molecule has 0 unspecified atom stereocenters. The minimum atomic E-state index is -0.399. The first-order valence-electron chi connectivity index (χ1n) is 5.41. The fourth-order valence-electron chi connectivity index (χ4n) is 2.12. The van der Waals surface area contributed by atoms with Crippen molar-refractivity contribution in [2.45, 2.75) is 13.3 Å². The number of ether oxygens (including phenoxy) is 1. The van der Waals surface area contributed by atoms with E-state index in [-0.39, 0.29) is 12.2 Å². The number of aromatic nitrogens is 1. The van der Waals surface area contributed by atoms with Gasteiger partial charge in [-0.25, -0.2) is 4.79 Å². The molecule has 4 nitrogen and oxygen atoms in total. The van der Waals surface area contributed by atoms with Crippen LogP contribution in [0.25, 0.3) is 5.57 Å². The molecule has 1 aromatic rings. The summed E-state index contributed by atoms with van der Waals surface area (Å²) in [5.74, 6) is -0.399. The summed E-state index contributed by atoms with van der Waals surface area (Å²) in [7, 11) is 1.70. The van der Waals surface area contributed by atoms with E-state index in [1.54, 1.807) is 19.3 Å². The van der Waals surface area contributed by atoms with Crippen LogP contribution in [0.4, 0.5) is 0 Å². The molecule has 0 aliphatic heterocycles. The largest absolute Gasteiger partial charge is 0.420 e. The highest BCUT2D eigenvalue weighted by Gasteiger charge is 2.27. The van der Waals surface area contributed by atoms with Crippen molar-refractivity contribution >= 4 is 11.5 Å². The van der Waals surface area contributed by atoms with Crippen molar-refractivity contribution in [3.8, 4) is 0 Å². The number of carbonyl (C=O) groups excluding carboxylic acids is 1. The number of esters is 1. The molecule has 0 saturated carbocycles. The molecule has 1 aromatic heterocycles. The highest BCUT2D eigenvalue weighted by Crippen LogP contribution is 2.31. The van der Waals surface area contributed by atoms with Gasteiger partial charge in [0.1, 0.15) is 6.92 Å². The first-order chi connectivity index (χ1) is 8.06. The van der Waals surface area contributed by atoms with Crippen LogP contribution >= 0.6 is 0 Å². The molecule has 2 rings (SSSR count). The maximum atomic E-state index is 11.9. The molecule has 0 amide bonds. The van der Waals surface area contributed by atoms with Crippen LogP contribution in [0.15, 0.2) is 22.6 Å². The predicted molar refractivity (Wildman–Crippen MR) is 64.3 cm³/mol. The molecule has 0 bridgehead atoms. The van der Waals surface area contributed by atoms with Gasteiger partial charge in [-0.1, -0.05) is 5.57 Å². The fourth-order valence-corrected chi connectivity index (χ4v) is 2.12. The fraction of sp³-hybridized carbons (Fsp3) is 0.308. The number of hydrogen-bond acceptors (Lipinski definition) is 3. The summed E-state index contributed by atoms with van der Waals surface area (Å²) >= 11 is 0. The molecule has 0 spiro atoms. The van der Waals surface area contributed by atoms with E-state index >= 15 is 0 Å². The Labute approximate surface area is 99.5 Å². The van der Waals surface area contributed by atoms with E-state index in [1.807, 2.05) is 6.92 Å². The summed E-state index contributed by atoms with van der Waals surface area (Å²) in [5, 5.41) is 0. The molecule has 1 aliphatic rings. The number of hydrogen-bond donors (Lipinski definition) is 0. The lowest BCUT2D eigenvalue weighted by Crippen LogP contribution is -2.20. The number of nitrogens with zero attached hydrogens (tertiary/aromatic N) is 1. The number of carbonyl (C=O) groups is 1. The van der Waals surface area contributed by atoms with Crippen molar-refractivity contribution in [2.75, 3.05) is 6.61 Å². The Morgan fingerprint density at radius 2 is 2.29 bits per heavy atom. The van der Waals surface area contributed by atoms with Crippen LogP contribution in [0, 0.1) is 6.92 Å². The molecule has 1 heterocycles. The number of fused-ring (bicyclic) bond motifs is 1. The molecule has 1 aliphatic carbocycles. The summed E-state index contributed by atoms with van der Waals surface area (Å²) in [5.41, 5.74) is 2.70. The molecule has 17 heavy (non-hydrogen) atoms. The summed E-state index contributed by atoms with van der Waals surface area (Å²) in [6.45, 7) is 5.42. The minimum absolute atomic E-state index is 0.0562. The third kappa shape index (κ3) is 1.75. The molecule has 88 valence electrons. The van der Waals surface area contributed by atoms with Gasteiger partial charge in [-0.15, -0.1) is 0 Å². The number of aryl methyl sites for hydroxylation is 1. The van der Waals surface area contributed by atoms with E-state index in [0.29, 0.717) is 23.1 Å². The van der Waals surface area contributed by atoms with Gasteiger partial charge in [0.15, 0.2) is 0 Å². The number of allylic oxidation sites excluding steroid dienone is 1. The van der Waals surface area contributed by atoms with Gasteiger partial charge in [0, 0.05) is 25.2 Å². The SMILES string of the molecule is [CH2+]COC(=O)C1=C(C)Cc2c1ccn(C)c2=O. The van der Waals surface area contributed by atoms with Gasteiger partial charge in [-0.2, -0.15) is 0 Å². The second kappa shape index (κ2) is 4.13. The average molecular weight is 232 g/mol. The highest BCUT2D eigenvalue weighted by molar-refractivity contribution is 6.19. The maximum absolute atomic E-state index is 11.9. The van der Waals surface area contributed by atoms with E-state index in [9.17, 15) is 9.59 Å². The summed E-state index contributed by atoms with van der Waals surface area (Å²) in [6.07, 6.45) is 2.18. The lowest BCUT2D eigenvalue weighted by molar-refractivity contribution is -0.135. The van der Waals surface area contributed by atoms with Crippen molar-refractivity contribution < 1.29 is 9.53 Å². The Bertz CT molecular complexity index is 567. The molecule has 4 heteroatoms. The number of pyridine rings is 1. The molecule has 0 atom stereocenters. The van der Waals surface area contributed by atoms with Gasteiger partial charge < -0.3 is 9.30 Å². The highest BCUT2D eigenvalue weighted by atomic mass is 16.5. The molecular formula is C13H14NO3+. The third-order valence-electron chi connectivity index (χ3n) is 2.94. The first kappa shape index (κ1) is 11.5. The van der Waals surface area contributed by atoms with Crippen LogP contribution in [-0.4, -0.2) is 17.1 Å². The van der Waals surface area contributed by atoms with E-state index in [4.69, 9.17) is 4.74 Å². The van der Waals surface area contributed by atoms with Crippen molar-refractivity contribution in [1.82, 2.24) is 4.57 Å². The average Bonchev–Trinajstić information content (AvgIpc) is 2.61.